The lowest BCUT2D eigenvalue weighted by atomic mass is 10.0. The second-order valence-electron chi connectivity index (χ2n) is 8.20. The third-order valence-electron chi connectivity index (χ3n) is 6.09. The fourth-order valence-corrected chi connectivity index (χ4v) is 4.43. The summed E-state index contributed by atoms with van der Waals surface area (Å²) >= 11 is 0. The molecule has 0 N–H and O–H groups in total. The standard InChI is InChI=1S/C23H29FN4O/c1-17-13-21(28-11-9-27(10-12-28)18(2)29)14-23(25-17)20-7-8-26(16-20)15-19-5-3-4-6-22(19)24/h3-6,13-14,20H,7-12,15-16H2,1-2H3/t20-/m1/s1. The number of piperazine rings is 1. The summed E-state index contributed by atoms with van der Waals surface area (Å²) in [6.45, 7) is 9.44. The zero-order chi connectivity index (χ0) is 20.4. The van der Waals surface area contributed by atoms with Crippen LogP contribution >= 0.6 is 0 Å². The lowest BCUT2D eigenvalue weighted by Crippen LogP contribution is -2.48. The van der Waals surface area contributed by atoms with E-state index in [1.54, 1.807) is 13.0 Å². The molecule has 0 radical (unpaired) electrons. The quantitative estimate of drug-likeness (QED) is 0.796. The number of aryl methyl sites for hydroxylation is 1. The number of anilines is 1. The van der Waals surface area contributed by atoms with Crippen LogP contribution in [0.5, 0.6) is 0 Å². The first kappa shape index (κ1) is 19.8. The van der Waals surface area contributed by atoms with Crippen molar-refractivity contribution in [2.75, 3.05) is 44.2 Å². The van der Waals surface area contributed by atoms with E-state index in [2.05, 4.69) is 21.9 Å². The van der Waals surface area contributed by atoms with Crippen molar-refractivity contribution in [1.29, 1.82) is 0 Å². The largest absolute Gasteiger partial charge is 0.368 e. The van der Waals surface area contributed by atoms with Gasteiger partial charge in [-0.15, -0.1) is 0 Å². The summed E-state index contributed by atoms with van der Waals surface area (Å²) in [5.41, 5.74) is 4.11. The summed E-state index contributed by atoms with van der Waals surface area (Å²) in [7, 11) is 0. The molecule has 2 aliphatic heterocycles. The van der Waals surface area contributed by atoms with E-state index in [9.17, 15) is 9.18 Å². The fraction of sp³-hybridized carbons (Fsp3) is 0.478. The molecule has 3 heterocycles. The van der Waals surface area contributed by atoms with E-state index in [1.807, 2.05) is 24.0 Å². The molecule has 1 aromatic carbocycles. The highest BCUT2D eigenvalue weighted by atomic mass is 19.1. The molecule has 0 bridgehead atoms. The van der Waals surface area contributed by atoms with Gasteiger partial charge in [0, 0.05) is 74.7 Å². The predicted octanol–water partition coefficient (Wildman–Crippen LogP) is 3.19. The number of nitrogens with zero attached hydrogens (tertiary/aromatic N) is 4. The van der Waals surface area contributed by atoms with E-state index in [0.717, 1.165) is 62.6 Å². The average Bonchev–Trinajstić information content (AvgIpc) is 3.18. The van der Waals surface area contributed by atoms with Gasteiger partial charge in [-0.3, -0.25) is 14.7 Å². The summed E-state index contributed by atoms with van der Waals surface area (Å²) in [5.74, 6) is 0.396. The first-order valence-electron chi connectivity index (χ1n) is 10.4. The number of carbonyl (C=O) groups is 1. The van der Waals surface area contributed by atoms with Gasteiger partial charge in [0.25, 0.3) is 0 Å². The number of aromatic nitrogens is 1. The first-order chi connectivity index (χ1) is 14.0. The highest BCUT2D eigenvalue weighted by Gasteiger charge is 2.27. The van der Waals surface area contributed by atoms with E-state index in [0.29, 0.717) is 12.5 Å². The topological polar surface area (TPSA) is 39.7 Å². The number of likely N-dealkylation sites (tertiary alicyclic amines) is 1. The highest BCUT2D eigenvalue weighted by molar-refractivity contribution is 5.73. The van der Waals surface area contributed by atoms with Gasteiger partial charge in [0.15, 0.2) is 0 Å². The smallest absolute Gasteiger partial charge is 0.219 e. The third-order valence-corrected chi connectivity index (χ3v) is 6.09. The Morgan fingerprint density at radius 2 is 1.90 bits per heavy atom. The number of carbonyl (C=O) groups excluding carboxylic acids is 1. The van der Waals surface area contributed by atoms with E-state index in [1.165, 1.54) is 11.8 Å². The van der Waals surface area contributed by atoms with Gasteiger partial charge in [-0.25, -0.2) is 4.39 Å². The van der Waals surface area contributed by atoms with Crippen LogP contribution in [0.1, 0.15) is 36.2 Å². The molecule has 1 amide bonds. The number of pyridine rings is 1. The summed E-state index contributed by atoms with van der Waals surface area (Å²) in [6.07, 6.45) is 1.04. The number of rotatable bonds is 4. The van der Waals surface area contributed by atoms with Crippen molar-refractivity contribution in [2.24, 2.45) is 0 Å². The zero-order valence-corrected chi connectivity index (χ0v) is 17.3. The lowest BCUT2D eigenvalue weighted by molar-refractivity contribution is -0.129. The fourth-order valence-electron chi connectivity index (χ4n) is 4.43. The highest BCUT2D eigenvalue weighted by Crippen LogP contribution is 2.30. The minimum atomic E-state index is -0.128. The molecular formula is C23H29FN4O. The molecule has 0 aliphatic carbocycles. The van der Waals surface area contributed by atoms with Gasteiger partial charge < -0.3 is 9.80 Å². The summed E-state index contributed by atoms with van der Waals surface area (Å²) in [5, 5.41) is 0. The van der Waals surface area contributed by atoms with Crippen molar-refractivity contribution in [3.63, 3.8) is 0 Å². The van der Waals surface area contributed by atoms with Gasteiger partial charge in [-0.1, -0.05) is 18.2 Å². The summed E-state index contributed by atoms with van der Waals surface area (Å²) in [6, 6.07) is 11.4. The van der Waals surface area contributed by atoms with Gasteiger partial charge in [0.1, 0.15) is 5.82 Å². The van der Waals surface area contributed by atoms with Crippen molar-refractivity contribution >= 4 is 11.6 Å². The van der Waals surface area contributed by atoms with Crippen molar-refractivity contribution in [2.45, 2.75) is 32.7 Å². The minimum Gasteiger partial charge on any atom is -0.368 e. The Hall–Kier alpha value is -2.47. The van der Waals surface area contributed by atoms with Crippen LogP contribution in [0, 0.1) is 12.7 Å². The van der Waals surface area contributed by atoms with Gasteiger partial charge in [-0.05, 0) is 38.1 Å². The Labute approximate surface area is 172 Å². The van der Waals surface area contributed by atoms with Crippen LogP contribution in [-0.4, -0.2) is 60.0 Å². The Morgan fingerprint density at radius 3 is 2.62 bits per heavy atom. The van der Waals surface area contributed by atoms with Crippen LogP contribution in [0.3, 0.4) is 0 Å². The molecule has 5 nitrogen and oxygen atoms in total. The maximum atomic E-state index is 14.0. The second kappa shape index (κ2) is 8.49. The van der Waals surface area contributed by atoms with Crippen LogP contribution < -0.4 is 4.90 Å². The maximum absolute atomic E-state index is 14.0. The third kappa shape index (κ3) is 4.58. The summed E-state index contributed by atoms with van der Waals surface area (Å²) in [4.78, 5) is 23.0. The number of amides is 1. The van der Waals surface area contributed by atoms with Crippen molar-refractivity contribution in [3.8, 4) is 0 Å². The lowest BCUT2D eigenvalue weighted by Gasteiger charge is -2.36. The van der Waals surface area contributed by atoms with E-state index < -0.39 is 0 Å². The number of hydrogen-bond donors (Lipinski definition) is 0. The van der Waals surface area contributed by atoms with E-state index in [4.69, 9.17) is 4.98 Å². The van der Waals surface area contributed by atoms with Crippen molar-refractivity contribution < 1.29 is 9.18 Å². The molecule has 29 heavy (non-hydrogen) atoms. The van der Waals surface area contributed by atoms with Crippen molar-refractivity contribution in [3.05, 3.63) is 59.2 Å². The Balaban J connectivity index is 1.43. The molecule has 0 saturated carbocycles. The minimum absolute atomic E-state index is 0.128. The molecule has 1 aromatic heterocycles. The van der Waals surface area contributed by atoms with Crippen LogP contribution in [0.15, 0.2) is 36.4 Å². The molecule has 4 rings (SSSR count). The molecule has 2 fully saturated rings. The molecule has 2 saturated heterocycles. The molecule has 6 heteroatoms. The number of halogens is 1. The van der Waals surface area contributed by atoms with E-state index >= 15 is 0 Å². The van der Waals surface area contributed by atoms with Crippen LogP contribution in [0.2, 0.25) is 0 Å². The molecule has 2 aromatic rings. The van der Waals surface area contributed by atoms with Gasteiger partial charge in [0.05, 0.1) is 0 Å². The van der Waals surface area contributed by atoms with E-state index in [-0.39, 0.29) is 11.7 Å². The van der Waals surface area contributed by atoms with Crippen molar-refractivity contribution in [1.82, 2.24) is 14.8 Å². The normalized spacial score (nSPS) is 20.3. The van der Waals surface area contributed by atoms with Crippen LogP contribution in [-0.2, 0) is 11.3 Å². The Morgan fingerprint density at radius 1 is 1.14 bits per heavy atom. The molecular weight excluding hydrogens is 367 g/mol. The van der Waals surface area contributed by atoms with Gasteiger partial charge in [0.2, 0.25) is 5.91 Å². The maximum Gasteiger partial charge on any atom is 0.219 e. The molecule has 2 aliphatic rings. The Bertz CT molecular complexity index is 879. The number of hydrogen-bond acceptors (Lipinski definition) is 4. The second-order valence-corrected chi connectivity index (χ2v) is 8.20. The molecule has 0 spiro atoms. The van der Waals surface area contributed by atoms with Gasteiger partial charge in [-0.2, -0.15) is 0 Å². The monoisotopic (exact) mass is 396 g/mol. The SMILES string of the molecule is CC(=O)N1CCN(c2cc(C)nc([C@@H]3CCN(Cc4ccccc4F)C3)c2)CC1. The van der Waals surface area contributed by atoms with Gasteiger partial charge >= 0.3 is 0 Å². The average molecular weight is 397 g/mol. The Kier molecular flexibility index (Phi) is 5.81. The molecule has 154 valence electrons. The first-order valence-corrected chi connectivity index (χ1v) is 10.4. The van der Waals surface area contributed by atoms with Crippen LogP contribution in [0.4, 0.5) is 10.1 Å². The molecule has 1 atom stereocenters. The summed E-state index contributed by atoms with van der Waals surface area (Å²) < 4.78 is 14.0. The predicted molar refractivity (Wildman–Crippen MR) is 112 cm³/mol. The zero-order valence-electron chi connectivity index (χ0n) is 17.3. The van der Waals surface area contributed by atoms with Crippen LogP contribution in [0.25, 0.3) is 0 Å². The number of benzene rings is 1. The molecule has 0 unspecified atom stereocenters.